The zero-order valence-corrected chi connectivity index (χ0v) is 83.3. The maximum absolute atomic E-state index is 5.42. The van der Waals surface area contributed by atoms with E-state index >= 15 is 0 Å². The van der Waals surface area contributed by atoms with Crippen LogP contribution >= 0.6 is 34.0 Å². The number of nitrogens with zero attached hydrogens (tertiary/aromatic N) is 6. The van der Waals surface area contributed by atoms with Crippen LogP contribution in [0.1, 0.15) is 73.6 Å². The molecule has 0 saturated carbocycles. The molecule has 19 aromatic carbocycles. The maximum Gasteiger partial charge on any atom is 0.138 e. The third-order valence-corrected chi connectivity index (χ3v) is 35.1. The molecular formula is C137H92N6S3. The van der Waals surface area contributed by atoms with Gasteiger partial charge in [-0.05, 0) is 234 Å². The number of thiophene rings is 3. The largest absolute Gasteiger partial charge is 0.294 e. The summed E-state index contributed by atoms with van der Waals surface area (Å²) >= 11 is 5.72. The van der Waals surface area contributed by atoms with Crippen LogP contribution < -0.4 is 0 Å². The number of fused-ring (bicyclic) bond motifs is 29. The smallest absolute Gasteiger partial charge is 0.138 e. The minimum Gasteiger partial charge on any atom is -0.294 e. The van der Waals surface area contributed by atoms with Crippen LogP contribution in [0.2, 0.25) is 0 Å². The van der Waals surface area contributed by atoms with Gasteiger partial charge < -0.3 is 0 Å². The zero-order valence-electron chi connectivity index (χ0n) is 80.9. The normalized spacial score (nSPS) is 14.1. The van der Waals surface area contributed by atoms with Gasteiger partial charge in [0.15, 0.2) is 0 Å². The third kappa shape index (κ3) is 13.2. The first kappa shape index (κ1) is 85.5. The molecule has 31 rings (SSSR count). The van der Waals surface area contributed by atoms with E-state index < -0.39 is 0 Å². The topological polar surface area (TPSA) is 53.5 Å². The van der Waals surface area contributed by atoms with Gasteiger partial charge in [0, 0.05) is 131 Å². The van der Waals surface area contributed by atoms with Crippen molar-refractivity contribution in [2.24, 2.45) is 0 Å². The van der Waals surface area contributed by atoms with Gasteiger partial charge in [0.25, 0.3) is 0 Å². The highest BCUT2D eigenvalue weighted by Gasteiger charge is 2.44. The predicted octanol–water partition coefficient (Wildman–Crippen LogP) is 37.6. The number of hydrogen-bond acceptors (Lipinski definition) is 6. The number of pyridine rings is 3. The van der Waals surface area contributed by atoms with Crippen LogP contribution in [-0.4, -0.2) is 28.7 Å². The van der Waals surface area contributed by atoms with Crippen molar-refractivity contribution in [1.29, 1.82) is 0 Å². The van der Waals surface area contributed by atoms with Crippen LogP contribution in [0.3, 0.4) is 0 Å². The van der Waals surface area contributed by atoms with Crippen LogP contribution in [0, 0.1) is 0 Å². The van der Waals surface area contributed by atoms with Crippen LogP contribution in [0.5, 0.6) is 0 Å². The van der Waals surface area contributed by atoms with Gasteiger partial charge in [0.05, 0.1) is 50.2 Å². The average molecular weight is 1920 g/mol. The van der Waals surface area contributed by atoms with Gasteiger partial charge in [-0.2, -0.15) is 0 Å². The minimum atomic E-state index is -0.354. The second-order valence-electron chi connectivity index (χ2n) is 40.5. The molecule has 9 heteroatoms. The number of rotatable bonds is 10. The molecule has 3 aliphatic carbocycles. The molecule has 0 N–H and O–H groups in total. The molecule has 9 aromatic heterocycles. The number of aromatic nitrogens is 6. The van der Waals surface area contributed by atoms with E-state index in [0.29, 0.717) is 0 Å². The van der Waals surface area contributed by atoms with E-state index in [2.05, 4.69) is 515 Å². The molecule has 0 radical (unpaired) electrons. The highest BCUT2D eigenvalue weighted by Crippen LogP contribution is 2.61. The second-order valence-corrected chi connectivity index (χ2v) is 43.7. The molecule has 0 fully saturated rings. The molecule has 0 spiro atoms. The Morgan fingerprint density at radius 3 is 1.01 bits per heavy atom. The van der Waals surface area contributed by atoms with Crippen LogP contribution in [0.25, 0.3) is 244 Å². The Kier molecular flexibility index (Phi) is 19.4. The summed E-state index contributed by atoms with van der Waals surface area (Å²) in [6.07, 6.45) is 0. The molecule has 9 heterocycles. The predicted molar refractivity (Wildman–Crippen MR) is 620 cm³/mol. The molecule has 0 amide bonds. The van der Waals surface area contributed by atoms with Crippen molar-refractivity contribution in [3.05, 3.63) is 506 Å². The van der Waals surface area contributed by atoms with E-state index in [1.165, 1.54) is 209 Å². The van der Waals surface area contributed by atoms with Crippen molar-refractivity contribution in [1.82, 2.24) is 28.7 Å². The van der Waals surface area contributed by atoms with Gasteiger partial charge in [-0.25, -0.2) is 15.0 Å². The van der Waals surface area contributed by atoms with Gasteiger partial charge in [-0.1, -0.05) is 367 Å². The molecular weight excluding hydrogens is 1830 g/mol. The molecule has 688 valence electrons. The molecule has 146 heavy (non-hydrogen) atoms. The Balaban J connectivity index is 0.000000104. The molecule has 0 saturated heterocycles. The van der Waals surface area contributed by atoms with E-state index in [9.17, 15) is 0 Å². The average Bonchev–Trinajstić information content (AvgIpc) is 1.55. The minimum absolute atomic E-state index is 0.140. The lowest BCUT2D eigenvalue weighted by Gasteiger charge is -2.28. The molecule has 0 aliphatic heterocycles. The highest BCUT2D eigenvalue weighted by molar-refractivity contribution is 7.27. The number of benzene rings is 19. The van der Waals surface area contributed by atoms with Crippen LogP contribution in [0.4, 0.5) is 0 Å². The Morgan fingerprint density at radius 1 is 0.199 bits per heavy atom. The maximum atomic E-state index is 5.42. The van der Waals surface area contributed by atoms with Gasteiger partial charge in [-0.15, -0.1) is 34.0 Å². The summed E-state index contributed by atoms with van der Waals surface area (Å²) in [4.78, 5) is 16.2. The lowest BCUT2D eigenvalue weighted by molar-refractivity contribution is 0.661. The number of para-hydroxylation sites is 3. The van der Waals surface area contributed by atoms with Gasteiger partial charge in [-0.3, -0.25) is 13.7 Å². The monoisotopic (exact) mass is 1920 g/mol. The van der Waals surface area contributed by atoms with Crippen molar-refractivity contribution >= 4 is 160 Å². The Bertz CT molecular complexity index is 10100. The van der Waals surface area contributed by atoms with Gasteiger partial charge >= 0.3 is 0 Å². The van der Waals surface area contributed by atoms with Crippen LogP contribution in [0.15, 0.2) is 467 Å². The fourth-order valence-corrected chi connectivity index (χ4v) is 28.1. The van der Waals surface area contributed by atoms with Gasteiger partial charge in [0.1, 0.15) is 17.5 Å². The van der Waals surface area contributed by atoms with Crippen molar-refractivity contribution in [2.45, 2.75) is 50.9 Å². The van der Waals surface area contributed by atoms with Gasteiger partial charge in [0.2, 0.25) is 0 Å². The summed E-state index contributed by atoms with van der Waals surface area (Å²) in [7, 11) is 0. The summed E-state index contributed by atoms with van der Waals surface area (Å²) < 4.78 is 15.3. The fraction of sp³-hybridized carbons (Fsp3) is 0.0584. The summed E-state index contributed by atoms with van der Waals surface area (Å²) in [5.41, 5.74) is 37.2. The molecule has 28 aromatic rings. The number of hydrogen-bond donors (Lipinski definition) is 0. The summed E-state index contributed by atoms with van der Waals surface area (Å²) in [5.74, 6) is 2.77. The summed E-state index contributed by atoms with van der Waals surface area (Å²) in [6.45, 7) is 12.0. The lowest BCUT2D eigenvalue weighted by atomic mass is 9.74. The molecule has 0 bridgehead atoms. The first-order chi connectivity index (χ1) is 71.8. The molecule has 3 aliphatic rings. The highest BCUT2D eigenvalue weighted by atomic mass is 32.1. The summed E-state index contributed by atoms with van der Waals surface area (Å²) in [5, 5.41) is 15.6. The first-order valence-electron chi connectivity index (χ1n) is 50.3. The van der Waals surface area contributed by atoms with E-state index in [4.69, 9.17) is 15.0 Å². The van der Waals surface area contributed by atoms with E-state index in [-0.39, 0.29) is 16.2 Å². The Hall–Kier alpha value is -17.3. The lowest BCUT2D eigenvalue weighted by Crippen LogP contribution is -2.22. The quantitative estimate of drug-likeness (QED) is 0.137. The van der Waals surface area contributed by atoms with E-state index in [0.717, 1.165) is 73.4 Å². The Labute approximate surface area is 856 Å². The van der Waals surface area contributed by atoms with Crippen molar-refractivity contribution < 1.29 is 0 Å². The third-order valence-electron chi connectivity index (χ3n) is 31.6. The van der Waals surface area contributed by atoms with Crippen molar-refractivity contribution in [3.8, 4) is 118 Å². The fourth-order valence-electron chi connectivity index (χ4n) is 24.6. The van der Waals surface area contributed by atoms with Crippen LogP contribution in [-0.2, 0) is 16.2 Å². The zero-order chi connectivity index (χ0) is 96.9. The summed E-state index contributed by atoms with van der Waals surface area (Å²) in [6, 6.07) is 170. The standard InChI is InChI=1S/C49H32N2S.2C44H30N2S/c1-49(34-19-9-4-10-20-34)41-28-40-36-22-12-14-24-46(36)52-47(40)29-38(41)37-27-39-35-21-11-13-23-44(35)51(45(39)30-42(37)49)48-26-33(31-15-5-2-6-16-31)25-43(50-48)32-17-7-3-8-18-32;1-44(2)35-26-38-34(25-33(35)31-21-22-40-42(43(31)44)32-18-10-12-20-39(32)47-40)30-17-9-11-19-37(30)46(38)41-24-29(27-13-5-3-6-14-27)23-36(45-41)28-15-7-4-8-16-28;1-44(2)35-22-21-32-31-18-10-12-20-40(31)47-43(32)42(35)34-25-33-30-17-9-11-19-38(30)46(39(33)26-36(34)44)41-24-29(27-13-5-3-6-14-27)23-37(45-41)28-15-7-4-8-16-28/h2-30H,1H3;2*3-26H,1-2H3. The van der Waals surface area contributed by atoms with E-state index in [1.807, 2.05) is 34.0 Å². The molecule has 1 unspecified atom stereocenters. The van der Waals surface area contributed by atoms with Crippen molar-refractivity contribution in [3.63, 3.8) is 0 Å². The van der Waals surface area contributed by atoms with Crippen molar-refractivity contribution in [2.75, 3.05) is 0 Å². The molecule has 1 atom stereocenters. The Morgan fingerprint density at radius 2 is 0.548 bits per heavy atom. The second kappa shape index (κ2) is 33.1. The SMILES string of the molecule is CC1(C)c2cc3c(cc2-c2c1ccc1c2sc2ccccc21)c1ccccc1n3-c1cc(-c2ccccc2)cc(-c2ccccc2)n1.CC1(C)c2cc3c(cc2-c2ccc4sc5ccccc5c4c21)c1ccccc1n3-c1cc(-c2ccccc2)cc(-c2ccccc2)n1.CC1(c2ccccc2)c2cc3c(cc2-c2cc4c5ccccc5n(-c5cc(-c6ccccc6)cc(-c6ccccc6)n5)c4cc21)sc1ccccc13. The van der Waals surface area contributed by atoms with E-state index in [1.54, 1.807) is 0 Å². The molecule has 6 nitrogen and oxygen atoms in total. The first-order valence-corrected chi connectivity index (χ1v) is 52.8.